The summed E-state index contributed by atoms with van der Waals surface area (Å²) in [4.78, 5) is 37.9. The maximum absolute atomic E-state index is 12.8. The number of amides is 3. The van der Waals surface area contributed by atoms with E-state index in [1.165, 1.54) is 11.2 Å². The Labute approximate surface area is 143 Å². The van der Waals surface area contributed by atoms with E-state index in [0.717, 1.165) is 38.5 Å². The molecule has 24 heavy (non-hydrogen) atoms. The zero-order valence-electron chi connectivity index (χ0n) is 14.6. The van der Waals surface area contributed by atoms with E-state index in [0.29, 0.717) is 25.4 Å². The highest BCUT2D eigenvalue weighted by Crippen LogP contribution is 2.43. The molecular weight excluding hydrogens is 308 g/mol. The van der Waals surface area contributed by atoms with Gasteiger partial charge in [0.2, 0.25) is 17.5 Å². The standard InChI is InChI=1S/C17H28N4O3/c1-13-10-17(7-3-2-4-8-17)21(24)14(13)11-18-16(23)19-12-20-9-5-6-15(20)22/h13-14H,2-12H2,1H3,(H-,18,19,23)/p+1. The van der Waals surface area contributed by atoms with Crippen molar-refractivity contribution in [1.29, 1.82) is 0 Å². The summed E-state index contributed by atoms with van der Waals surface area (Å²) in [6.07, 6.45) is 7.83. The molecule has 134 valence electrons. The molecule has 3 fully saturated rings. The van der Waals surface area contributed by atoms with Crippen molar-refractivity contribution in [2.24, 2.45) is 5.92 Å². The van der Waals surface area contributed by atoms with Crippen LogP contribution in [0.25, 0.3) is 0 Å². The van der Waals surface area contributed by atoms with E-state index in [1.54, 1.807) is 4.90 Å². The lowest BCUT2D eigenvalue weighted by atomic mass is 9.79. The van der Waals surface area contributed by atoms with E-state index in [-0.39, 0.29) is 30.2 Å². The van der Waals surface area contributed by atoms with Crippen LogP contribution in [0.4, 0.5) is 4.79 Å². The Morgan fingerprint density at radius 1 is 1.25 bits per heavy atom. The number of nitroso groups, excluding NO2 is 1. The first-order valence-corrected chi connectivity index (χ1v) is 9.28. The van der Waals surface area contributed by atoms with Crippen LogP contribution in [0.5, 0.6) is 0 Å². The SMILES string of the molecule is CC1CC2(CCCCC2)[N+](=O)C1CNC(=O)NCN1CCCC1=O. The van der Waals surface area contributed by atoms with Gasteiger partial charge in [-0.05, 0) is 19.3 Å². The second kappa shape index (κ2) is 7.07. The Morgan fingerprint density at radius 3 is 2.67 bits per heavy atom. The summed E-state index contributed by atoms with van der Waals surface area (Å²) in [5.74, 6) is 0.380. The third-order valence-electron chi connectivity index (χ3n) is 5.99. The van der Waals surface area contributed by atoms with E-state index in [1.807, 2.05) is 0 Å². The highest BCUT2D eigenvalue weighted by Gasteiger charge is 2.58. The fraction of sp³-hybridized carbons (Fsp3) is 0.882. The molecule has 2 saturated heterocycles. The number of carbonyl (C=O) groups excluding carboxylic acids is 2. The summed E-state index contributed by atoms with van der Waals surface area (Å²) < 4.78 is 1.29. The molecule has 0 bridgehead atoms. The molecule has 3 rings (SSSR count). The topological polar surface area (TPSA) is 81.5 Å². The van der Waals surface area contributed by atoms with Gasteiger partial charge >= 0.3 is 6.03 Å². The average molecular weight is 337 g/mol. The largest absolute Gasteiger partial charge is 0.331 e. The van der Waals surface area contributed by atoms with Crippen LogP contribution in [0.3, 0.4) is 0 Å². The third-order valence-corrected chi connectivity index (χ3v) is 5.99. The van der Waals surface area contributed by atoms with Crippen molar-refractivity contribution >= 4 is 11.9 Å². The molecule has 7 heteroatoms. The number of likely N-dealkylation sites (tertiary alicyclic amines) is 1. The summed E-state index contributed by atoms with van der Waals surface area (Å²) >= 11 is 0. The molecule has 0 aromatic heterocycles. The Hall–Kier alpha value is -1.66. The number of urea groups is 1. The maximum Gasteiger partial charge on any atom is 0.316 e. The zero-order valence-corrected chi connectivity index (χ0v) is 14.6. The Balaban J connectivity index is 1.46. The minimum Gasteiger partial charge on any atom is -0.331 e. The Kier molecular flexibility index (Phi) is 5.06. The van der Waals surface area contributed by atoms with Crippen LogP contribution in [0, 0.1) is 10.8 Å². The molecular formula is C17H29N4O3+. The molecule has 2 unspecified atom stereocenters. The first kappa shape index (κ1) is 17.2. The number of nitrogens with one attached hydrogen (secondary N) is 2. The van der Waals surface area contributed by atoms with E-state index >= 15 is 0 Å². The van der Waals surface area contributed by atoms with Gasteiger partial charge in [-0.2, -0.15) is 0 Å². The van der Waals surface area contributed by atoms with Crippen molar-refractivity contribution < 1.29 is 14.3 Å². The fourth-order valence-corrected chi connectivity index (χ4v) is 4.62. The molecule has 2 heterocycles. The maximum atomic E-state index is 12.8. The van der Waals surface area contributed by atoms with Crippen molar-refractivity contribution in [3.8, 4) is 0 Å². The van der Waals surface area contributed by atoms with Crippen LogP contribution in [0.15, 0.2) is 0 Å². The highest BCUT2D eigenvalue weighted by molar-refractivity contribution is 5.79. The molecule has 2 atom stereocenters. The fourth-order valence-electron chi connectivity index (χ4n) is 4.62. The molecule has 1 saturated carbocycles. The Bertz CT molecular complexity index is 516. The molecule has 3 amide bonds. The van der Waals surface area contributed by atoms with Crippen LogP contribution >= 0.6 is 0 Å². The van der Waals surface area contributed by atoms with Crippen LogP contribution in [-0.2, 0) is 4.79 Å². The van der Waals surface area contributed by atoms with Gasteiger partial charge in [0.1, 0.15) is 0 Å². The van der Waals surface area contributed by atoms with Crippen LogP contribution in [0.2, 0.25) is 0 Å². The third kappa shape index (κ3) is 3.39. The molecule has 1 spiro atoms. The van der Waals surface area contributed by atoms with Crippen LogP contribution < -0.4 is 10.6 Å². The quantitative estimate of drug-likeness (QED) is 0.767. The van der Waals surface area contributed by atoms with Crippen molar-refractivity contribution in [1.82, 2.24) is 15.5 Å². The van der Waals surface area contributed by atoms with E-state index < -0.39 is 0 Å². The van der Waals surface area contributed by atoms with E-state index in [9.17, 15) is 14.5 Å². The van der Waals surface area contributed by atoms with Gasteiger partial charge in [0.25, 0.3) is 0 Å². The molecule has 0 radical (unpaired) electrons. The van der Waals surface area contributed by atoms with Gasteiger partial charge in [0, 0.05) is 47.8 Å². The monoisotopic (exact) mass is 337 g/mol. The summed E-state index contributed by atoms with van der Waals surface area (Å²) in [6, 6.07) is -0.456. The predicted octanol–water partition coefficient (Wildman–Crippen LogP) is 1.76. The highest BCUT2D eigenvalue weighted by atomic mass is 16.3. The van der Waals surface area contributed by atoms with Gasteiger partial charge in [-0.1, -0.05) is 13.3 Å². The molecule has 7 nitrogen and oxygen atoms in total. The minimum atomic E-state index is -0.306. The molecule has 0 aromatic rings. The van der Waals surface area contributed by atoms with Gasteiger partial charge in [-0.25, -0.2) is 4.79 Å². The smallest absolute Gasteiger partial charge is 0.316 e. The van der Waals surface area contributed by atoms with Crippen molar-refractivity contribution in [2.45, 2.75) is 69.9 Å². The Morgan fingerprint density at radius 2 is 2.00 bits per heavy atom. The summed E-state index contributed by atoms with van der Waals surface area (Å²) in [6.45, 7) is 3.43. The van der Waals surface area contributed by atoms with Crippen LogP contribution in [0.1, 0.15) is 58.3 Å². The van der Waals surface area contributed by atoms with Crippen molar-refractivity contribution in [3.63, 3.8) is 0 Å². The number of hydrogen-bond donors (Lipinski definition) is 2. The number of hydrogen-bond acceptors (Lipinski definition) is 3. The van der Waals surface area contributed by atoms with Gasteiger partial charge in [-0.15, -0.1) is 0 Å². The second-order valence-electron chi connectivity index (χ2n) is 7.67. The first-order chi connectivity index (χ1) is 11.5. The molecule has 2 aliphatic heterocycles. The van der Waals surface area contributed by atoms with Gasteiger partial charge in [-0.3, -0.25) is 4.79 Å². The molecule has 3 aliphatic rings. The van der Waals surface area contributed by atoms with Gasteiger partial charge in [0.15, 0.2) is 0 Å². The lowest BCUT2D eigenvalue weighted by Gasteiger charge is -2.25. The summed E-state index contributed by atoms with van der Waals surface area (Å²) in [5, 5.41) is 5.53. The van der Waals surface area contributed by atoms with Crippen molar-refractivity contribution in [3.05, 3.63) is 4.91 Å². The average Bonchev–Trinajstić information content (AvgIpc) is 3.07. The number of rotatable bonds is 4. The first-order valence-electron chi connectivity index (χ1n) is 9.28. The van der Waals surface area contributed by atoms with E-state index in [2.05, 4.69) is 17.6 Å². The van der Waals surface area contributed by atoms with Crippen molar-refractivity contribution in [2.75, 3.05) is 19.8 Å². The normalized spacial score (nSPS) is 29.3. The molecule has 0 aromatic carbocycles. The van der Waals surface area contributed by atoms with E-state index in [4.69, 9.17) is 0 Å². The summed E-state index contributed by atoms with van der Waals surface area (Å²) in [7, 11) is 0. The minimum absolute atomic E-state index is 0.0877. The van der Waals surface area contributed by atoms with Gasteiger partial charge < -0.3 is 15.5 Å². The predicted molar refractivity (Wildman–Crippen MR) is 89.4 cm³/mol. The number of nitrogens with zero attached hydrogens (tertiary/aromatic N) is 2. The lowest BCUT2D eigenvalue weighted by molar-refractivity contribution is -0.640. The zero-order chi connectivity index (χ0) is 17.2. The molecule has 1 aliphatic carbocycles. The van der Waals surface area contributed by atoms with Crippen LogP contribution in [-0.4, -0.2) is 52.9 Å². The summed E-state index contributed by atoms with van der Waals surface area (Å²) in [5.41, 5.74) is -0.192. The second-order valence-corrected chi connectivity index (χ2v) is 7.67. The molecule has 2 N–H and O–H groups in total. The van der Waals surface area contributed by atoms with Gasteiger partial charge in [0.05, 0.1) is 13.2 Å². The lowest BCUT2D eigenvalue weighted by Crippen LogP contribution is -2.48. The number of carbonyl (C=O) groups is 2.